The molecule has 1 heterocycles. The number of ether oxygens (including phenoxy) is 6. The van der Waals surface area contributed by atoms with Gasteiger partial charge in [-0.15, -0.1) is 0 Å². The van der Waals surface area contributed by atoms with E-state index in [-0.39, 0.29) is 0 Å². The molecule has 11 nitrogen and oxygen atoms in total. The molecule has 0 amide bonds. The van der Waals surface area contributed by atoms with Crippen LogP contribution < -0.4 is 0 Å². The minimum atomic E-state index is -3.09. The average Bonchev–Trinajstić information content (AvgIpc) is 2.51. The number of alkyl halides is 1. The minimum Gasteiger partial charge on any atom is -0.460 e. The van der Waals surface area contributed by atoms with Crippen LogP contribution in [0, 0.1) is 0 Å². The summed E-state index contributed by atoms with van der Waals surface area (Å²) in [5.41, 5.74) is 0. The van der Waals surface area contributed by atoms with Crippen LogP contribution in [0.25, 0.3) is 0 Å². The second-order valence-corrected chi connectivity index (χ2v) is 5.84. The highest BCUT2D eigenvalue weighted by Gasteiger charge is 2.62. The van der Waals surface area contributed by atoms with Crippen molar-refractivity contribution in [2.75, 3.05) is 6.61 Å². The van der Waals surface area contributed by atoms with Gasteiger partial charge in [-0.3, -0.25) is 28.7 Å². The Balaban J connectivity index is 3.44. The van der Waals surface area contributed by atoms with E-state index >= 15 is 4.39 Å². The van der Waals surface area contributed by atoms with Crippen molar-refractivity contribution >= 4 is 29.8 Å². The highest BCUT2D eigenvalue weighted by molar-refractivity contribution is 5.69. The van der Waals surface area contributed by atoms with Crippen molar-refractivity contribution in [3.63, 3.8) is 0 Å². The second kappa shape index (κ2) is 9.44. The summed E-state index contributed by atoms with van der Waals surface area (Å²) in [7, 11) is 0. The summed E-state index contributed by atoms with van der Waals surface area (Å²) >= 11 is 0. The molecule has 0 aromatic carbocycles. The van der Waals surface area contributed by atoms with E-state index in [1.54, 1.807) is 0 Å². The molecule has 0 aromatic rings. The van der Waals surface area contributed by atoms with E-state index in [0.29, 0.717) is 0 Å². The van der Waals surface area contributed by atoms with Gasteiger partial charge in [-0.2, -0.15) is 0 Å². The first-order valence-electron chi connectivity index (χ1n) is 8.04. The quantitative estimate of drug-likeness (QED) is 0.431. The summed E-state index contributed by atoms with van der Waals surface area (Å²) in [6.07, 6.45) is -7.35. The average molecular weight is 408 g/mol. The Labute approximate surface area is 159 Å². The Kier molecular flexibility index (Phi) is 7.85. The molecule has 0 unspecified atom stereocenters. The Bertz CT molecular complexity index is 649. The van der Waals surface area contributed by atoms with Gasteiger partial charge >= 0.3 is 29.8 Å². The molecule has 0 bridgehead atoms. The number of carbonyl (C=O) groups is 5. The standard InChI is InChI=1S/C16H21FO11/c1-7(18)23-6-16(17)14(26-10(4)21)12(24-8(2)19)13(25-9(3)20)15(28-16)27-11(5)22/h12-15H,6H2,1-5H3/t12-,13-,14+,15-,16-/m1/s1. The summed E-state index contributed by atoms with van der Waals surface area (Å²) in [6, 6.07) is 0. The molecule has 12 heteroatoms. The zero-order valence-electron chi connectivity index (χ0n) is 15.9. The van der Waals surface area contributed by atoms with E-state index in [1.165, 1.54) is 0 Å². The van der Waals surface area contributed by atoms with Crippen LogP contribution in [-0.4, -0.2) is 66.9 Å². The van der Waals surface area contributed by atoms with Gasteiger partial charge in [0.2, 0.25) is 18.5 Å². The second-order valence-electron chi connectivity index (χ2n) is 5.84. The molecule has 0 aliphatic carbocycles. The number of rotatable bonds is 6. The Morgan fingerprint density at radius 2 is 1.21 bits per heavy atom. The van der Waals surface area contributed by atoms with Gasteiger partial charge in [-0.1, -0.05) is 0 Å². The maximum absolute atomic E-state index is 15.6. The van der Waals surface area contributed by atoms with Gasteiger partial charge in [0.25, 0.3) is 5.85 Å². The van der Waals surface area contributed by atoms with Gasteiger partial charge in [-0.05, 0) is 0 Å². The highest BCUT2D eigenvalue weighted by atomic mass is 19.2. The van der Waals surface area contributed by atoms with Crippen molar-refractivity contribution in [3.8, 4) is 0 Å². The topological polar surface area (TPSA) is 141 Å². The zero-order valence-corrected chi connectivity index (χ0v) is 15.9. The molecule has 1 aliphatic heterocycles. The number of hydrogen-bond acceptors (Lipinski definition) is 11. The van der Waals surface area contributed by atoms with Crippen molar-refractivity contribution in [2.24, 2.45) is 0 Å². The first-order valence-corrected chi connectivity index (χ1v) is 8.04. The summed E-state index contributed by atoms with van der Waals surface area (Å²) in [6.45, 7) is 3.77. The predicted octanol–water partition coefficient (Wildman–Crippen LogP) is -0.0702. The van der Waals surface area contributed by atoms with Gasteiger partial charge in [0, 0.05) is 34.6 Å². The first kappa shape index (κ1) is 23.3. The van der Waals surface area contributed by atoms with Crippen LogP contribution in [0.3, 0.4) is 0 Å². The van der Waals surface area contributed by atoms with Gasteiger partial charge in [0.05, 0.1) is 0 Å². The van der Waals surface area contributed by atoms with Crippen molar-refractivity contribution in [1.82, 2.24) is 0 Å². The lowest BCUT2D eigenvalue weighted by atomic mass is 9.96. The van der Waals surface area contributed by atoms with Gasteiger partial charge < -0.3 is 23.7 Å². The summed E-state index contributed by atoms with van der Waals surface area (Å²) < 4.78 is 44.9. The van der Waals surface area contributed by atoms with Crippen LogP contribution in [0.1, 0.15) is 34.6 Å². The fraction of sp³-hybridized carbons (Fsp3) is 0.688. The van der Waals surface area contributed by atoms with Gasteiger partial charge in [0.15, 0.2) is 12.7 Å². The maximum Gasteiger partial charge on any atom is 0.305 e. The van der Waals surface area contributed by atoms with Crippen LogP contribution in [0.15, 0.2) is 0 Å². The first-order chi connectivity index (χ1) is 12.9. The zero-order chi connectivity index (χ0) is 21.6. The third kappa shape index (κ3) is 6.44. The SMILES string of the molecule is CC(=O)OC[C@@]1(F)O[C@@H](OC(C)=O)[C@H](OC(C)=O)[C@@H](OC(C)=O)[C@@H]1OC(C)=O. The van der Waals surface area contributed by atoms with E-state index in [2.05, 4.69) is 4.74 Å². The van der Waals surface area contributed by atoms with E-state index in [9.17, 15) is 24.0 Å². The van der Waals surface area contributed by atoms with Crippen LogP contribution >= 0.6 is 0 Å². The molecule has 1 fully saturated rings. The Morgan fingerprint density at radius 1 is 0.750 bits per heavy atom. The van der Waals surface area contributed by atoms with Crippen molar-refractivity contribution in [3.05, 3.63) is 0 Å². The smallest absolute Gasteiger partial charge is 0.305 e. The lowest BCUT2D eigenvalue weighted by Gasteiger charge is -2.46. The fourth-order valence-electron chi connectivity index (χ4n) is 2.44. The van der Waals surface area contributed by atoms with E-state index in [4.69, 9.17) is 23.7 Å². The number of esters is 5. The largest absolute Gasteiger partial charge is 0.460 e. The lowest BCUT2D eigenvalue weighted by molar-refractivity contribution is -0.368. The highest BCUT2D eigenvalue weighted by Crippen LogP contribution is 2.37. The maximum atomic E-state index is 15.6. The summed E-state index contributed by atoms with van der Waals surface area (Å²) in [5.74, 6) is -7.77. The third-order valence-corrected chi connectivity index (χ3v) is 3.28. The van der Waals surface area contributed by atoms with Crippen LogP contribution in [0.4, 0.5) is 4.39 Å². The fourth-order valence-corrected chi connectivity index (χ4v) is 2.44. The molecule has 0 spiro atoms. The van der Waals surface area contributed by atoms with E-state index < -0.39 is 66.9 Å². The third-order valence-electron chi connectivity index (χ3n) is 3.28. The molecule has 1 aliphatic rings. The van der Waals surface area contributed by atoms with Crippen molar-refractivity contribution in [1.29, 1.82) is 0 Å². The Morgan fingerprint density at radius 3 is 1.64 bits per heavy atom. The van der Waals surface area contributed by atoms with Gasteiger partial charge in [0.1, 0.15) is 0 Å². The number of carbonyl (C=O) groups excluding carboxylic acids is 5. The molecule has 0 saturated carbocycles. The molecular formula is C16H21FO11. The molecule has 0 aromatic heterocycles. The molecule has 1 saturated heterocycles. The van der Waals surface area contributed by atoms with Crippen LogP contribution in [0.2, 0.25) is 0 Å². The summed E-state index contributed by atoms with van der Waals surface area (Å²) in [4.78, 5) is 56.9. The van der Waals surface area contributed by atoms with Crippen molar-refractivity contribution < 1.29 is 56.8 Å². The molecule has 28 heavy (non-hydrogen) atoms. The molecule has 5 atom stereocenters. The van der Waals surface area contributed by atoms with Crippen LogP contribution in [0.5, 0.6) is 0 Å². The predicted molar refractivity (Wildman–Crippen MR) is 83.8 cm³/mol. The Hall–Kier alpha value is -2.76. The minimum absolute atomic E-state index is 0.891. The normalized spacial score (nSPS) is 29.2. The van der Waals surface area contributed by atoms with Gasteiger partial charge in [-0.25, -0.2) is 4.39 Å². The molecule has 1 rings (SSSR count). The van der Waals surface area contributed by atoms with E-state index in [1.807, 2.05) is 0 Å². The monoisotopic (exact) mass is 408 g/mol. The van der Waals surface area contributed by atoms with E-state index in [0.717, 1.165) is 34.6 Å². The molecule has 158 valence electrons. The lowest BCUT2D eigenvalue weighted by Crippen LogP contribution is -2.67. The summed E-state index contributed by atoms with van der Waals surface area (Å²) in [5, 5.41) is 0. The molecule has 0 N–H and O–H groups in total. The van der Waals surface area contributed by atoms with Crippen LogP contribution in [-0.2, 0) is 52.4 Å². The number of halogens is 1. The molecule has 0 radical (unpaired) electrons. The van der Waals surface area contributed by atoms with Crippen molar-refractivity contribution in [2.45, 2.75) is 65.1 Å². The molecular weight excluding hydrogens is 387 g/mol. The number of hydrogen-bond donors (Lipinski definition) is 0.